The predicted octanol–water partition coefficient (Wildman–Crippen LogP) is 0.899. The highest BCUT2D eigenvalue weighted by Crippen LogP contribution is 2.64. The van der Waals surface area contributed by atoms with Crippen LogP contribution in [0, 0.1) is 36.0 Å². The molecule has 1 aromatic carbocycles. The molecule has 1 saturated heterocycles. The van der Waals surface area contributed by atoms with Crippen LogP contribution in [0.2, 0.25) is 0 Å². The normalized spacial score (nSPS) is 42.7. The van der Waals surface area contributed by atoms with E-state index in [4.69, 9.17) is 11.2 Å². The molecule has 5 rings (SSSR count). The second-order valence-corrected chi connectivity index (χ2v) is 7.81. The summed E-state index contributed by atoms with van der Waals surface area (Å²) in [5, 5.41) is 21.4. The number of aliphatic hydroxyl groups excluding tert-OH is 2. The first-order valence-corrected chi connectivity index (χ1v) is 8.97. The molecule has 1 heterocycles. The van der Waals surface area contributed by atoms with Crippen LogP contribution in [-0.2, 0) is 0 Å². The molecular weight excluding hydrogens is 318 g/mol. The van der Waals surface area contributed by atoms with Gasteiger partial charge in [-0.2, -0.15) is 0 Å². The lowest BCUT2D eigenvalue weighted by Gasteiger charge is -2.48. The van der Waals surface area contributed by atoms with E-state index in [1.165, 1.54) is 0 Å². The molecule has 1 aliphatic heterocycles. The predicted molar refractivity (Wildman–Crippen MR) is 89.7 cm³/mol. The van der Waals surface area contributed by atoms with Crippen LogP contribution in [0.4, 0.5) is 0 Å². The van der Waals surface area contributed by atoms with E-state index in [2.05, 4.69) is 5.92 Å². The minimum absolute atomic E-state index is 0.108. The van der Waals surface area contributed by atoms with Crippen molar-refractivity contribution in [3.05, 3.63) is 29.8 Å². The van der Waals surface area contributed by atoms with Crippen molar-refractivity contribution < 1.29 is 19.7 Å². The van der Waals surface area contributed by atoms with Gasteiger partial charge in [0.2, 0.25) is 0 Å². The first-order chi connectivity index (χ1) is 12.1. The van der Waals surface area contributed by atoms with E-state index in [9.17, 15) is 15.0 Å². The maximum atomic E-state index is 13.2. The van der Waals surface area contributed by atoms with Crippen molar-refractivity contribution >= 4 is 5.91 Å². The highest BCUT2D eigenvalue weighted by atomic mass is 16.5. The Hall–Kier alpha value is -2.03. The van der Waals surface area contributed by atoms with Gasteiger partial charge in [-0.05, 0) is 60.8 Å². The quantitative estimate of drug-likeness (QED) is 0.803. The van der Waals surface area contributed by atoms with Crippen LogP contribution in [0.25, 0.3) is 0 Å². The summed E-state index contributed by atoms with van der Waals surface area (Å²) in [6.45, 7) is 0.188. The average molecular weight is 339 g/mol. The maximum Gasteiger partial charge on any atom is 0.254 e. The van der Waals surface area contributed by atoms with Gasteiger partial charge in [0.05, 0.1) is 24.3 Å². The fraction of sp³-hybridized carbons (Fsp3) is 0.550. The minimum atomic E-state index is -0.453. The Morgan fingerprint density at radius 2 is 1.92 bits per heavy atom. The number of ether oxygens (including phenoxy) is 1. The molecule has 25 heavy (non-hydrogen) atoms. The number of nitrogens with zero attached hydrogens (tertiary/aromatic N) is 1. The molecule has 5 heteroatoms. The fourth-order valence-electron chi connectivity index (χ4n) is 6.15. The van der Waals surface area contributed by atoms with Crippen LogP contribution in [0.15, 0.2) is 24.3 Å². The molecule has 8 unspecified atom stereocenters. The first-order valence-electron chi connectivity index (χ1n) is 8.97. The van der Waals surface area contributed by atoms with Gasteiger partial charge in [-0.1, -0.05) is 5.92 Å². The van der Waals surface area contributed by atoms with E-state index in [0.717, 1.165) is 12.8 Å². The SMILES string of the molecule is C#CCOc1ccc(C(=O)N2C3CC4C5CC(C4C3O)C2C5O)cc1. The number of hydrogen-bond acceptors (Lipinski definition) is 4. The van der Waals surface area contributed by atoms with Gasteiger partial charge in [0.1, 0.15) is 12.4 Å². The largest absolute Gasteiger partial charge is 0.481 e. The zero-order chi connectivity index (χ0) is 17.3. The van der Waals surface area contributed by atoms with Gasteiger partial charge in [-0.3, -0.25) is 4.79 Å². The molecule has 2 N–H and O–H groups in total. The van der Waals surface area contributed by atoms with E-state index in [-0.39, 0.29) is 42.4 Å². The molecule has 1 amide bonds. The molecule has 1 aromatic rings. The van der Waals surface area contributed by atoms with Gasteiger partial charge in [-0.15, -0.1) is 6.42 Å². The standard InChI is InChI=1S/C20H21NO4/c1-2-7-25-11-5-3-10(4-6-11)20(24)21-15-9-12-13-8-14(16(12)19(15)23)17(21)18(13)22/h1,3-6,12-19,22-23H,7-9H2. The van der Waals surface area contributed by atoms with E-state index in [1.807, 2.05) is 0 Å². The van der Waals surface area contributed by atoms with Crippen molar-refractivity contribution in [3.63, 3.8) is 0 Å². The Morgan fingerprint density at radius 1 is 1.16 bits per heavy atom. The third-order valence-electron chi connectivity index (χ3n) is 6.95. The highest BCUT2D eigenvalue weighted by Gasteiger charge is 2.70. The van der Waals surface area contributed by atoms with Gasteiger partial charge in [0, 0.05) is 5.56 Å². The van der Waals surface area contributed by atoms with Crippen LogP contribution in [0.3, 0.4) is 0 Å². The number of benzene rings is 1. The van der Waals surface area contributed by atoms with Crippen molar-refractivity contribution in [2.75, 3.05) is 6.61 Å². The summed E-state index contributed by atoms with van der Waals surface area (Å²) in [6.07, 6.45) is 6.03. The first kappa shape index (κ1) is 15.2. The lowest BCUT2D eigenvalue weighted by atomic mass is 9.75. The van der Waals surface area contributed by atoms with Crippen LogP contribution >= 0.6 is 0 Å². The van der Waals surface area contributed by atoms with E-state index < -0.39 is 12.2 Å². The van der Waals surface area contributed by atoms with Crippen molar-refractivity contribution in [2.24, 2.45) is 23.7 Å². The summed E-state index contributed by atoms with van der Waals surface area (Å²) in [6, 6.07) is 6.61. The molecule has 130 valence electrons. The number of carbonyl (C=O) groups excluding carboxylic acids is 1. The van der Waals surface area contributed by atoms with Crippen molar-refractivity contribution in [1.82, 2.24) is 4.90 Å². The Labute approximate surface area is 146 Å². The molecule has 5 nitrogen and oxygen atoms in total. The van der Waals surface area contributed by atoms with Gasteiger partial charge < -0.3 is 19.8 Å². The number of amides is 1. The zero-order valence-corrected chi connectivity index (χ0v) is 13.8. The monoisotopic (exact) mass is 339 g/mol. The number of rotatable bonds is 3. The van der Waals surface area contributed by atoms with Gasteiger partial charge >= 0.3 is 0 Å². The Morgan fingerprint density at radius 3 is 2.64 bits per heavy atom. The lowest BCUT2D eigenvalue weighted by Crippen LogP contribution is -2.62. The summed E-state index contributed by atoms with van der Waals surface area (Å²) >= 11 is 0. The Balaban J connectivity index is 1.45. The van der Waals surface area contributed by atoms with Crippen LogP contribution in [-0.4, -0.2) is 51.9 Å². The van der Waals surface area contributed by atoms with Crippen LogP contribution in [0.1, 0.15) is 23.2 Å². The number of likely N-dealkylation sites (tertiary alicyclic amines) is 1. The molecular formula is C20H21NO4. The summed E-state index contributed by atoms with van der Waals surface area (Å²) in [5.41, 5.74) is 0.554. The average Bonchev–Trinajstić information content (AvgIpc) is 3.19. The highest BCUT2D eigenvalue weighted by molar-refractivity contribution is 5.95. The van der Waals surface area contributed by atoms with Crippen molar-refractivity contribution in [1.29, 1.82) is 0 Å². The smallest absolute Gasteiger partial charge is 0.254 e. The van der Waals surface area contributed by atoms with Gasteiger partial charge in [0.25, 0.3) is 5.91 Å². The second kappa shape index (κ2) is 5.23. The number of aliphatic hydroxyl groups is 2. The summed E-state index contributed by atoms with van der Waals surface area (Å²) < 4.78 is 5.35. The molecule has 4 bridgehead atoms. The molecule has 8 atom stereocenters. The Kier molecular flexibility index (Phi) is 3.19. The number of carbonyl (C=O) groups is 1. The Bertz CT molecular complexity index is 754. The number of fused-ring (bicyclic) bond motifs is 3. The topological polar surface area (TPSA) is 70.0 Å². The maximum absolute atomic E-state index is 13.2. The zero-order valence-electron chi connectivity index (χ0n) is 13.8. The summed E-state index contributed by atoms with van der Waals surface area (Å²) in [4.78, 5) is 15.0. The molecule has 3 saturated carbocycles. The molecule has 3 aliphatic carbocycles. The molecule has 4 fully saturated rings. The number of terminal acetylenes is 1. The summed E-state index contributed by atoms with van der Waals surface area (Å²) in [5.74, 6) is 4.05. The van der Waals surface area contributed by atoms with Crippen molar-refractivity contribution in [2.45, 2.75) is 37.1 Å². The number of hydrogen-bond donors (Lipinski definition) is 2. The van der Waals surface area contributed by atoms with Crippen LogP contribution < -0.4 is 4.74 Å². The number of piperidine rings is 1. The van der Waals surface area contributed by atoms with Gasteiger partial charge in [0.15, 0.2) is 0 Å². The second-order valence-electron chi connectivity index (χ2n) is 7.81. The fourth-order valence-corrected chi connectivity index (χ4v) is 6.15. The third kappa shape index (κ3) is 1.90. The van der Waals surface area contributed by atoms with Gasteiger partial charge in [-0.25, -0.2) is 0 Å². The minimum Gasteiger partial charge on any atom is -0.481 e. The molecule has 0 radical (unpaired) electrons. The van der Waals surface area contributed by atoms with Crippen LogP contribution in [0.5, 0.6) is 5.75 Å². The lowest BCUT2D eigenvalue weighted by molar-refractivity contribution is -0.0836. The third-order valence-corrected chi connectivity index (χ3v) is 6.95. The molecule has 0 aromatic heterocycles. The van der Waals surface area contributed by atoms with Crippen molar-refractivity contribution in [3.8, 4) is 18.1 Å². The van der Waals surface area contributed by atoms with E-state index in [1.54, 1.807) is 29.2 Å². The van der Waals surface area contributed by atoms with E-state index >= 15 is 0 Å². The summed E-state index contributed by atoms with van der Waals surface area (Å²) in [7, 11) is 0. The molecule has 0 spiro atoms. The molecule has 4 aliphatic rings. The van der Waals surface area contributed by atoms with E-state index in [0.29, 0.717) is 17.2 Å².